The third kappa shape index (κ3) is 3.40. The monoisotopic (exact) mass is 352 g/mol. The number of carbonyl (C=O) groups is 1. The SMILES string of the molecule is CCN1Cc2ccccc2CC1C(=O)NCc1n[nH]c2c1CCCCC2. The molecule has 0 fully saturated rings. The van der Waals surface area contributed by atoms with Crippen LogP contribution in [0.3, 0.4) is 0 Å². The average molecular weight is 352 g/mol. The van der Waals surface area contributed by atoms with Gasteiger partial charge in [0.1, 0.15) is 0 Å². The fourth-order valence-electron chi connectivity index (χ4n) is 4.33. The van der Waals surface area contributed by atoms with Gasteiger partial charge in [0.15, 0.2) is 0 Å². The highest BCUT2D eigenvalue weighted by molar-refractivity contribution is 5.82. The highest BCUT2D eigenvalue weighted by Crippen LogP contribution is 2.24. The molecule has 0 bridgehead atoms. The molecule has 1 aliphatic heterocycles. The van der Waals surface area contributed by atoms with Crippen LogP contribution in [0, 0.1) is 0 Å². The van der Waals surface area contributed by atoms with Gasteiger partial charge in [0.25, 0.3) is 0 Å². The summed E-state index contributed by atoms with van der Waals surface area (Å²) in [6.07, 6.45) is 6.68. The fraction of sp³-hybridized carbons (Fsp3) is 0.524. The van der Waals surface area contributed by atoms with Crippen molar-refractivity contribution in [1.82, 2.24) is 20.4 Å². The lowest BCUT2D eigenvalue weighted by molar-refractivity contribution is -0.127. The zero-order chi connectivity index (χ0) is 17.9. The first-order valence-corrected chi connectivity index (χ1v) is 9.89. The summed E-state index contributed by atoms with van der Waals surface area (Å²) in [5, 5.41) is 10.8. The van der Waals surface area contributed by atoms with Gasteiger partial charge in [-0.1, -0.05) is 37.6 Å². The van der Waals surface area contributed by atoms with Crippen LogP contribution in [0.1, 0.15) is 54.3 Å². The number of aromatic nitrogens is 2. The number of aromatic amines is 1. The molecule has 5 heteroatoms. The minimum absolute atomic E-state index is 0.0903. The second kappa shape index (κ2) is 7.62. The molecule has 0 saturated carbocycles. The molecule has 1 amide bonds. The van der Waals surface area contributed by atoms with Crippen LogP contribution in [-0.2, 0) is 37.1 Å². The van der Waals surface area contributed by atoms with Crippen molar-refractivity contribution >= 4 is 5.91 Å². The molecule has 2 aliphatic rings. The summed E-state index contributed by atoms with van der Waals surface area (Å²) in [4.78, 5) is 15.2. The summed E-state index contributed by atoms with van der Waals surface area (Å²) in [5.41, 5.74) is 6.27. The summed E-state index contributed by atoms with van der Waals surface area (Å²) >= 11 is 0. The molecule has 1 atom stereocenters. The van der Waals surface area contributed by atoms with E-state index in [1.165, 1.54) is 41.6 Å². The number of rotatable bonds is 4. The van der Waals surface area contributed by atoms with E-state index in [0.717, 1.165) is 38.0 Å². The fourth-order valence-corrected chi connectivity index (χ4v) is 4.33. The Kier molecular flexibility index (Phi) is 5.07. The number of H-pyrrole nitrogens is 1. The Morgan fingerprint density at radius 1 is 1.23 bits per heavy atom. The number of amides is 1. The van der Waals surface area contributed by atoms with Gasteiger partial charge in [-0.3, -0.25) is 14.8 Å². The zero-order valence-corrected chi connectivity index (χ0v) is 15.6. The second-order valence-electron chi connectivity index (χ2n) is 7.46. The van der Waals surface area contributed by atoms with Gasteiger partial charge in [0.2, 0.25) is 5.91 Å². The van der Waals surface area contributed by atoms with Gasteiger partial charge in [-0.2, -0.15) is 5.10 Å². The molecule has 5 nitrogen and oxygen atoms in total. The normalized spacial score (nSPS) is 20.1. The highest BCUT2D eigenvalue weighted by Gasteiger charge is 2.30. The van der Waals surface area contributed by atoms with Gasteiger partial charge in [-0.15, -0.1) is 0 Å². The van der Waals surface area contributed by atoms with E-state index in [1.807, 2.05) is 0 Å². The minimum Gasteiger partial charge on any atom is -0.349 e. The quantitative estimate of drug-likeness (QED) is 0.832. The van der Waals surface area contributed by atoms with E-state index < -0.39 is 0 Å². The van der Waals surface area contributed by atoms with Crippen LogP contribution in [0.2, 0.25) is 0 Å². The predicted octanol–water partition coefficient (Wildman–Crippen LogP) is 2.74. The molecule has 1 unspecified atom stereocenters. The zero-order valence-electron chi connectivity index (χ0n) is 15.6. The van der Waals surface area contributed by atoms with Crippen LogP contribution >= 0.6 is 0 Å². The summed E-state index contributed by atoms with van der Waals surface area (Å²) < 4.78 is 0. The Hall–Kier alpha value is -2.14. The van der Waals surface area contributed by atoms with Crippen molar-refractivity contribution in [2.75, 3.05) is 6.54 Å². The number of likely N-dealkylation sites (N-methyl/N-ethyl adjacent to an activating group) is 1. The topological polar surface area (TPSA) is 61.0 Å². The Morgan fingerprint density at radius 3 is 2.88 bits per heavy atom. The van der Waals surface area contributed by atoms with E-state index in [2.05, 4.69) is 51.6 Å². The molecule has 2 aromatic rings. The molecule has 1 aromatic heterocycles. The van der Waals surface area contributed by atoms with Gasteiger partial charge < -0.3 is 5.32 Å². The smallest absolute Gasteiger partial charge is 0.238 e. The molecule has 0 spiro atoms. The van der Waals surface area contributed by atoms with E-state index in [0.29, 0.717) is 6.54 Å². The van der Waals surface area contributed by atoms with Crippen molar-refractivity contribution in [2.24, 2.45) is 0 Å². The second-order valence-corrected chi connectivity index (χ2v) is 7.46. The van der Waals surface area contributed by atoms with Crippen molar-refractivity contribution in [3.63, 3.8) is 0 Å². The first-order valence-electron chi connectivity index (χ1n) is 9.89. The van der Waals surface area contributed by atoms with E-state index in [9.17, 15) is 4.79 Å². The number of nitrogens with zero attached hydrogens (tertiary/aromatic N) is 2. The third-order valence-corrected chi connectivity index (χ3v) is 5.88. The molecular formula is C21H28N4O. The Labute approximate surface area is 155 Å². The maximum Gasteiger partial charge on any atom is 0.238 e. The number of hydrogen-bond acceptors (Lipinski definition) is 3. The maximum atomic E-state index is 12.9. The lowest BCUT2D eigenvalue weighted by Gasteiger charge is -2.35. The molecule has 2 N–H and O–H groups in total. The Bertz CT molecular complexity index is 782. The molecule has 0 saturated heterocycles. The van der Waals surface area contributed by atoms with Crippen molar-refractivity contribution < 1.29 is 4.79 Å². The summed E-state index contributed by atoms with van der Waals surface area (Å²) in [5.74, 6) is 0.117. The Morgan fingerprint density at radius 2 is 2.04 bits per heavy atom. The molecule has 4 rings (SSSR count). The van der Waals surface area contributed by atoms with Gasteiger partial charge in [0, 0.05) is 12.2 Å². The standard InChI is InChI=1S/C21H28N4O/c1-2-25-14-16-9-7-6-8-15(16)12-20(25)21(26)22-13-19-17-10-4-3-5-11-18(17)23-24-19/h6-9,20H,2-5,10-14H2,1H3,(H,22,26)(H,23,24). The number of nitrogens with one attached hydrogen (secondary N) is 2. The molecular weight excluding hydrogens is 324 g/mol. The summed E-state index contributed by atoms with van der Waals surface area (Å²) in [6, 6.07) is 8.37. The van der Waals surface area contributed by atoms with Crippen molar-refractivity contribution in [3.05, 3.63) is 52.3 Å². The van der Waals surface area contributed by atoms with Crippen LogP contribution in [0.4, 0.5) is 0 Å². The number of carbonyl (C=O) groups excluding carboxylic acids is 1. The van der Waals surface area contributed by atoms with Crippen LogP contribution in [-0.4, -0.2) is 33.6 Å². The lowest BCUT2D eigenvalue weighted by Crippen LogP contribution is -2.50. The van der Waals surface area contributed by atoms with Gasteiger partial charge >= 0.3 is 0 Å². The number of benzene rings is 1. The molecule has 138 valence electrons. The van der Waals surface area contributed by atoms with E-state index in [-0.39, 0.29) is 11.9 Å². The van der Waals surface area contributed by atoms with Crippen molar-refractivity contribution in [1.29, 1.82) is 0 Å². The van der Waals surface area contributed by atoms with E-state index >= 15 is 0 Å². The maximum absolute atomic E-state index is 12.9. The molecule has 26 heavy (non-hydrogen) atoms. The van der Waals surface area contributed by atoms with Crippen LogP contribution < -0.4 is 5.32 Å². The average Bonchev–Trinajstić information content (AvgIpc) is 2.91. The van der Waals surface area contributed by atoms with Gasteiger partial charge in [-0.25, -0.2) is 0 Å². The third-order valence-electron chi connectivity index (χ3n) is 5.88. The molecule has 2 heterocycles. The minimum atomic E-state index is -0.0903. The summed E-state index contributed by atoms with van der Waals surface area (Å²) in [7, 11) is 0. The van der Waals surface area contributed by atoms with Gasteiger partial charge in [-0.05, 0) is 55.3 Å². The van der Waals surface area contributed by atoms with E-state index in [1.54, 1.807) is 0 Å². The van der Waals surface area contributed by atoms with Crippen LogP contribution in [0.5, 0.6) is 0 Å². The largest absolute Gasteiger partial charge is 0.349 e. The van der Waals surface area contributed by atoms with Crippen molar-refractivity contribution in [3.8, 4) is 0 Å². The number of fused-ring (bicyclic) bond motifs is 2. The number of aryl methyl sites for hydroxylation is 1. The number of hydrogen-bond donors (Lipinski definition) is 2. The van der Waals surface area contributed by atoms with Crippen LogP contribution in [0.15, 0.2) is 24.3 Å². The Balaban J connectivity index is 1.44. The molecule has 1 aliphatic carbocycles. The van der Waals surface area contributed by atoms with Crippen molar-refractivity contribution in [2.45, 2.75) is 64.6 Å². The first-order chi connectivity index (χ1) is 12.8. The van der Waals surface area contributed by atoms with Gasteiger partial charge in [0.05, 0.1) is 18.3 Å². The van der Waals surface area contributed by atoms with Crippen LogP contribution in [0.25, 0.3) is 0 Å². The lowest BCUT2D eigenvalue weighted by atomic mass is 9.93. The first kappa shape index (κ1) is 17.3. The van der Waals surface area contributed by atoms with E-state index in [4.69, 9.17) is 0 Å². The molecule has 1 aromatic carbocycles. The highest BCUT2D eigenvalue weighted by atomic mass is 16.2. The predicted molar refractivity (Wildman–Crippen MR) is 102 cm³/mol. The molecule has 0 radical (unpaired) electrons. The summed E-state index contributed by atoms with van der Waals surface area (Å²) in [6.45, 7) is 4.38.